The number of anilines is 2. The monoisotopic (exact) mass is 355 g/mol. The van der Waals surface area contributed by atoms with Gasteiger partial charge in [-0.1, -0.05) is 13.8 Å². The van der Waals surface area contributed by atoms with Gasteiger partial charge < -0.3 is 10.2 Å². The summed E-state index contributed by atoms with van der Waals surface area (Å²) < 4.78 is 2.89. The van der Waals surface area contributed by atoms with Gasteiger partial charge in [0.2, 0.25) is 5.91 Å². The van der Waals surface area contributed by atoms with E-state index in [0.29, 0.717) is 11.3 Å². The maximum atomic E-state index is 12.3. The van der Waals surface area contributed by atoms with Crippen LogP contribution in [0.5, 0.6) is 0 Å². The zero-order valence-electron chi connectivity index (χ0n) is 15.2. The third kappa shape index (κ3) is 3.56. The first-order valence-corrected chi connectivity index (χ1v) is 8.24. The minimum absolute atomic E-state index is 0.124. The lowest BCUT2D eigenvalue weighted by Crippen LogP contribution is -2.31. The number of amides is 1. The summed E-state index contributed by atoms with van der Waals surface area (Å²) in [7, 11) is 3.72. The second kappa shape index (κ2) is 6.95. The van der Waals surface area contributed by atoms with Crippen molar-refractivity contribution in [3.63, 3.8) is 0 Å². The Kier molecular flexibility index (Phi) is 4.70. The molecule has 0 aliphatic carbocycles. The molecule has 0 bridgehead atoms. The van der Waals surface area contributed by atoms with Crippen LogP contribution in [-0.4, -0.2) is 44.4 Å². The Morgan fingerprint density at radius 1 is 1.31 bits per heavy atom. The number of nitrogens with zero attached hydrogens (tertiary/aromatic N) is 6. The van der Waals surface area contributed by atoms with E-state index in [1.165, 1.54) is 10.7 Å². The van der Waals surface area contributed by atoms with Gasteiger partial charge in [-0.05, 0) is 18.1 Å². The Balaban J connectivity index is 1.82. The molecule has 0 aliphatic heterocycles. The number of nitrogens with one attached hydrogen (secondary N) is 1. The molecule has 3 aromatic rings. The van der Waals surface area contributed by atoms with Crippen molar-refractivity contribution in [3.8, 4) is 0 Å². The first-order chi connectivity index (χ1) is 12.3. The second-order valence-corrected chi connectivity index (χ2v) is 6.52. The zero-order valence-corrected chi connectivity index (χ0v) is 15.2. The number of hydrogen-bond donors (Lipinski definition) is 1. The van der Waals surface area contributed by atoms with Crippen LogP contribution in [0.3, 0.4) is 0 Å². The topological polar surface area (TPSA) is 97.4 Å². The molecule has 0 spiro atoms. The van der Waals surface area contributed by atoms with E-state index in [-0.39, 0.29) is 23.9 Å². The highest BCUT2D eigenvalue weighted by Gasteiger charge is 2.15. The van der Waals surface area contributed by atoms with Gasteiger partial charge in [-0.2, -0.15) is 5.10 Å². The summed E-state index contributed by atoms with van der Waals surface area (Å²) in [5.41, 5.74) is 2.49. The van der Waals surface area contributed by atoms with E-state index in [1.807, 2.05) is 32.8 Å². The summed E-state index contributed by atoms with van der Waals surface area (Å²) in [5, 5.41) is 14.9. The van der Waals surface area contributed by atoms with Gasteiger partial charge >= 0.3 is 0 Å². The Morgan fingerprint density at radius 3 is 2.77 bits per heavy atom. The van der Waals surface area contributed by atoms with Crippen molar-refractivity contribution in [1.82, 2.24) is 24.4 Å². The highest BCUT2D eigenvalue weighted by molar-refractivity contribution is 5.90. The van der Waals surface area contributed by atoms with E-state index >= 15 is 0 Å². The summed E-state index contributed by atoms with van der Waals surface area (Å²) in [6.45, 7) is 3.84. The Morgan fingerprint density at radius 2 is 2.08 bits per heavy atom. The predicted octanol–water partition coefficient (Wildman–Crippen LogP) is 1.11. The van der Waals surface area contributed by atoms with E-state index in [4.69, 9.17) is 0 Å². The van der Waals surface area contributed by atoms with Crippen LogP contribution in [0.4, 0.5) is 11.4 Å². The van der Waals surface area contributed by atoms with Crippen LogP contribution < -0.4 is 15.8 Å². The van der Waals surface area contributed by atoms with Crippen LogP contribution in [0.25, 0.3) is 5.65 Å². The zero-order chi connectivity index (χ0) is 18.8. The van der Waals surface area contributed by atoms with E-state index in [0.717, 1.165) is 11.4 Å². The molecule has 3 aromatic heterocycles. The molecule has 1 amide bonds. The summed E-state index contributed by atoms with van der Waals surface area (Å²) in [5.74, 6) is -0.210. The van der Waals surface area contributed by atoms with Gasteiger partial charge in [-0.15, -0.1) is 10.2 Å². The van der Waals surface area contributed by atoms with Gasteiger partial charge in [0.05, 0.1) is 17.1 Å². The molecular formula is C17H21N7O2. The molecule has 0 saturated heterocycles. The Labute approximate surface area is 150 Å². The van der Waals surface area contributed by atoms with Crippen molar-refractivity contribution in [1.29, 1.82) is 0 Å². The molecule has 0 fully saturated rings. The van der Waals surface area contributed by atoms with Crippen LogP contribution in [0.2, 0.25) is 0 Å². The minimum atomic E-state index is -0.334. The molecular weight excluding hydrogens is 334 g/mol. The number of pyridine rings is 1. The standard InChI is InChI=1S/C17H21N7O2/c1-11(2)17-13(22(3)4)7-16(26)24(21-17)9-15(25)19-12-5-6-14-20-18-10-23(14)8-12/h5-8,10-11H,9H2,1-4H3,(H,19,25). The molecule has 0 unspecified atom stereocenters. The molecule has 26 heavy (non-hydrogen) atoms. The smallest absolute Gasteiger partial charge is 0.269 e. The van der Waals surface area contributed by atoms with Crippen LogP contribution in [0.1, 0.15) is 25.5 Å². The quantitative estimate of drug-likeness (QED) is 0.736. The molecule has 0 aromatic carbocycles. The van der Waals surface area contributed by atoms with Crippen molar-refractivity contribution in [2.75, 3.05) is 24.3 Å². The number of carbonyl (C=O) groups excluding carboxylic acids is 1. The maximum Gasteiger partial charge on any atom is 0.269 e. The number of hydrogen-bond acceptors (Lipinski definition) is 6. The lowest BCUT2D eigenvalue weighted by Gasteiger charge is -2.19. The van der Waals surface area contributed by atoms with E-state index in [1.54, 1.807) is 29.1 Å². The van der Waals surface area contributed by atoms with Crippen LogP contribution in [0, 0.1) is 0 Å². The van der Waals surface area contributed by atoms with Gasteiger partial charge in [0.25, 0.3) is 5.56 Å². The highest BCUT2D eigenvalue weighted by atomic mass is 16.2. The van der Waals surface area contributed by atoms with Gasteiger partial charge in [-0.3, -0.25) is 14.0 Å². The molecule has 0 radical (unpaired) electrons. The average molecular weight is 355 g/mol. The second-order valence-electron chi connectivity index (χ2n) is 6.52. The molecule has 3 heterocycles. The van der Waals surface area contributed by atoms with Gasteiger partial charge in [0.1, 0.15) is 12.9 Å². The summed E-state index contributed by atoms with van der Waals surface area (Å²) in [6, 6.07) is 4.99. The number of fused-ring (bicyclic) bond motifs is 1. The van der Waals surface area contributed by atoms with Crippen molar-refractivity contribution in [2.24, 2.45) is 0 Å². The SMILES string of the molecule is CC(C)c1nn(CC(=O)Nc2ccc3nncn3c2)c(=O)cc1N(C)C. The summed E-state index contributed by atoms with van der Waals surface area (Å²) >= 11 is 0. The molecule has 136 valence electrons. The van der Waals surface area contributed by atoms with Crippen LogP contribution >= 0.6 is 0 Å². The predicted molar refractivity (Wildman–Crippen MR) is 98.5 cm³/mol. The number of rotatable bonds is 5. The van der Waals surface area contributed by atoms with Crippen molar-refractivity contribution < 1.29 is 4.79 Å². The average Bonchev–Trinajstić information content (AvgIpc) is 3.03. The fraction of sp³-hybridized carbons (Fsp3) is 0.353. The fourth-order valence-corrected chi connectivity index (χ4v) is 2.62. The lowest BCUT2D eigenvalue weighted by molar-refractivity contribution is -0.117. The van der Waals surface area contributed by atoms with Crippen molar-refractivity contribution >= 4 is 22.9 Å². The van der Waals surface area contributed by atoms with Crippen molar-refractivity contribution in [2.45, 2.75) is 26.3 Å². The Bertz CT molecular complexity index is 1000. The fourth-order valence-electron chi connectivity index (χ4n) is 2.62. The lowest BCUT2D eigenvalue weighted by atomic mass is 10.1. The molecule has 9 nitrogen and oxygen atoms in total. The normalized spacial score (nSPS) is 11.1. The molecule has 9 heteroatoms. The molecule has 0 atom stereocenters. The van der Waals surface area contributed by atoms with Gasteiger partial charge in [-0.25, -0.2) is 4.68 Å². The van der Waals surface area contributed by atoms with Crippen molar-refractivity contribution in [3.05, 3.63) is 46.8 Å². The molecule has 0 aliphatic rings. The first kappa shape index (κ1) is 17.6. The molecule has 3 rings (SSSR count). The largest absolute Gasteiger partial charge is 0.376 e. The number of aromatic nitrogens is 5. The number of carbonyl (C=O) groups is 1. The molecule has 1 N–H and O–H groups in total. The Hall–Kier alpha value is -3.23. The van der Waals surface area contributed by atoms with Crippen LogP contribution in [-0.2, 0) is 11.3 Å². The van der Waals surface area contributed by atoms with Crippen LogP contribution in [0.15, 0.2) is 35.5 Å². The first-order valence-electron chi connectivity index (χ1n) is 8.24. The minimum Gasteiger partial charge on any atom is -0.376 e. The summed E-state index contributed by atoms with van der Waals surface area (Å²) in [6.07, 6.45) is 3.25. The summed E-state index contributed by atoms with van der Waals surface area (Å²) in [4.78, 5) is 26.5. The third-order valence-electron chi connectivity index (χ3n) is 3.90. The molecule has 0 saturated carbocycles. The third-order valence-corrected chi connectivity index (χ3v) is 3.90. The van der Waals surface area contributed by atoms with E-state index in [2.05, 4.69) is 20.6 Å². The maximum absolute atomic E-state index is 12.3. The van der Waals surface area contributed by atoms with Gasteiger partial charge in [0, 0.05) is 26.4 Å². The van der Waals surface area contributed by atoms with Gasteiger partial charge in [0.15, 0.2) is 5.65 Å². The van der Waals surface area contributed by atoms with E-state index < -0.39 is 0 Å². The van der Waals surface area contributed by atoms with E-state index in [9.17, 15) is 9.59 Å². The highest BCUT2D eigenvalue weighted by Crippen LogP contribution is 2.21.